The lowest BCUT2D eigenvalue weighted by Crippen LogP contribution is -2.03. The molecule has 0 fully saturated rings. The number of allylic oxidation sites excluding steroid dienone is 1. The first-order valence-corrected chi connectivity index (χ1v) is 18.6. The SMILES string of the molecule is CCCCCCCCc1c(CCCC)cc(C=C(CC)N=Nc2cc(-c3ccccc3)c(C)c(-c3ccccc3)c2)cc1CCCC. The van der Waals surface area contributed by atoms with Gasteiger partial charge < -0.3 is 0 Å². The lowest BCUT2D eigenvalue weighted by Gasteiger charge is -2.17. The number of hydrogen-bond acceptors (Lipinski definition) is 2. The molecule has 0 aromatic heterocycles. The van der Waals surface area contributed by atoms with Crippen molar-refractivity contribution in [2.45, 2.75) is 125 Å². The monoisotopic (exact) mass is 626 g/mol. The molecule has 0 aliphatic heterocycles. The Bertz CT molecular complexity index is 1470. The zero-order valence-electron chi connectivity index (χ0n) is 30.0. The van der Waals surface area contributed by atoms with Crippen LogP contribution >= 0.6 is 0 Å². The molecule has 0 aliphatic rings. The zero-order valence-corrected chi connectivity index (χ0v) is 30.0. The van der Waals surface area contributed by atoms with Gasteiger partial charge in [-0.3, -0.25) is 0 Å². The Labute approximate surface area is 286 Å². The van der Waals surface area contributed by atoms with E-state index in [0.717, 1.165) is 17.8 Å². The zero-order chi connectivity index (χ0) is 33.3. The molecular formula is C45H58N2. The van der Waals surface area contributed by atoms with Crippen LogP contribution in [0.1, 0.15) is 126 Å². The lowest BCUT2D eigenvalue weighted by molar-refractivity contribution is 0.604. The average molecular weight is 627 g/mol. The average Bonchev–Trinajstić information content (AvgIpc) is 3.11. The second-order valence-corrected chi connectivity index (χ2v) is 13.1. The lowest BCUT2D eigenvalue weighted by atomic mass is 9.88. The van der Waals surface area contributed by atoms with E-state index >= 15 is 0 Å². The van der Waals surface area contributed by atoms with Gasteiger partial charge in [-0.2, -0.15) is 10.2 Å². The van der Waals surface area contributed by atoms with E-state index in [1.807, 2.05) is 0 Å². The minimum absolute atomic E-state index is 0.834. The second-order valence-electron chi connectivity index (χ2n) is 13.1. The molecule has 248 valence electrons. The normalized spacial score (nSPS) is 11.9. The maximum atomic E-state index is 4.88. The summed E-state index contributed by atoms with van der Waals surface area (Å²) in [5.74, 6) is 0. The summed E-state index contributed by atoms with van der Waals surface area (Å²) < 4.78 is 0. The van der Waals surface area contributed by atoms with E-state index in [2.05, 4.69) is 126 Å². The van der Waals surface area contributed by atoms with E-state index in [4.69, 9.17) is 10.2 Å². The van der Waals surface area contributed by atoms with Crippen LogP contribution in [-0.4, -0.2) is 0 Å². The van der Waals surface area contributed by atoms with Gasteiger partial charge in [0, 0.05) is 0 Å². The summed E-state index contributed by atoms with van der Waals surface area (Å²) in [6.45, 7) is 11.3. The fraction of sp³-hybridized carbons (Fsp3) is 0.422. The summed E-state index contributed by atoms with van der Waals surface area (Å²) in [5.41, 5.74) is 14.0. The highest BCUT2D eigenvalue weighted by Gasteiger charge is 2.13. The second kappa shape index (κ2) is 19.8. The Balaban J connectivity index is 1.68. The van der Waals surface area contributed by atoms with Crippen LogP contribution in [-0.2, 0) is 19.3 Å². The largest absolute Gasteiger partial charge is 0.155 e. The first kappa shape index (κ1) is 36.1. The first-order chi connectivity index (χ1) is 23.1. The van der Waals surface area contributed by atoms with E-state index in [0.29, 0.717) is 0 Å². The van der Waals surface area contributed by atoms with Gasteiger partial charge in [0.1, 0.15) is 0 Å². The minimum atomic E-state index is 0.834. The molecule has 2 nitrogen and oxygen atoms in total. The van der Waals surface area contributed by atoms with E-state index in [1.165, 1.54) is 117 Å². The highest BCUT2D eigenvalue weighted by Crippen LogP contribution is 2.36. The van der Waals surface area contributed by atoms with E-state index in [9.17, 15) is 0 Å². The number of hydrogen-bond donors (Lipinski definition) is 0. The van der Waals surface area contributed by atoms with Crippen molar-refractivity contribution in [2.75, 3.05) is 0 Å². The van der Waals surface area contributed by atoms with Crippen LogP contribution in [0.5, 0.6) is 0 Å². The highest BCUT2D eigenvalue weighted by atomic mass is 15.1. The van der Waals surface area contributed by atoms with Crippen molar-refractivity contribution in [2.24, 2.45) is 10.2 Å². The molecule has 0 N–H and O–H groups in total. The summed E-state index contributed by atoms with van der Waals surface area (Å²) in [4.78, 5) is 0. The van der Waals surface area contributed by atoms with Crippen molar-refractivity contribution in [1.29, 1.82) is 0 Å². The summed E-state index contributed by atoms with van der Waals surface area (Å²) in [6, 6.07) is 30.6. The molecule has 4 aromatic carbocycles. The molecule has 47 heavy (non-hydrogen) atoms. The number of azo groups is 1. The van der Waals surface area contributed by atoms with Crippen molar-refractivity contribution < 1.29 is 0 Å². The van der Waals surface area contributed by atoms with Gasteiger partial charge in [0.15, 0.2) is 0 Å². The van der Waals surface area contributed by atoms with Crippen molar-refractivity contribution in [3.63, 3.8) is 0 Å². The molecule has 0 amide bonds. The topological polar surface area (TPSA) is 24.7 Å². The quantitative estimate of drug-likeness (QED) is 0.0731. The van der Waals surface area contributed by atoms with Gasteiger partial charge in [-0.05, 0) is 120 Å². The van der Waals surface area contributed by atoms with Crippen LogP contribution in [0.2, 0.25) is 0 Å². The molecule has 0 atom stereocenters. The molecule has 0 unspecified atom stereocenters. The number of nitrogens with zero attached hydrogens (tertiary/aromatic N) is 2. The van der Waals surface area contributed by atoms with Crippen LogP contribution in [0.15, 0.2) is 101 Å². The Hall–Kier alpha value is -3.78. The third kappa shape index (κ3) is 10.9. The number of unbranched alkanes of at least 4 members (excludes halogenated alkanes) is 7. The van der Waals surface area contributed by atoms with Gasteiger partial charge in [0.05, 0.1) is 11.4 Å². The van der Waals surface area contributed by atoms with Crippen molar-refractivity contribution >= 4 is 11.8 Å². The van der Waals surface area contributed by atoms with Gasteiger partial charge in [0.2, 0.25) is 0 Å². The molecule has 0 radical (unpaired) electrons. The summed E-state index contributed by atoms with van der Waals surface area (Å²) >= 11 is 0. The standard InChI is InChI=1S/C45H58N2/c1-6-10-13-14-15-22-29-43-39(23-11-7-2)30-36(31-40(43)24-12-8-3)32-41(9-4)46-47-42-33-44(37-25-18-16-19-26-37)35(5)45(34-42)38-27-20-17-21-28-38/h16-21,25-28,30-34H,6-15,22-24,29H2,1-5H3. The molecular weight excluding hydrogens is 569 g/mol. The van der Waals surface area contributed by atoms with Crippen molar-refractivity contribution in [3.05, 3.63) is 118 Å². The van der Waals surface area contributed by atoms with Crippen LogP contribution in [0.25, 0.3) is 28.3 Å². The van der Waals surface area contributed by atoms with Crippen LogP contribution in [0.3, 0.4) is 0 Å². The number of rotatable bonds is 19. The molecule has 0 heterocycles. The van der Waals surface area contributed by atoms with Crippen LogP contribution in [0, 0.1) is 6.92 Å². The van der Waals surface area contributed by atoms with Gasteiger partial charge in [-0.25, -0.2) is 0 Å². The van der Waals surface area contributed by atoms with E-state index < -0.39 is 0 Å². The summed E-state index contributed by atoms with van der Waals surface area (Å²) in [7, 11) is 0. The third-order valence-corrected chi connectivity index (χ3v) is 9.39. The fourth-order valence-corrected chi connectivity index (χ4v) is 6.60. The smallest absolute Gasteiger partial charge is 0.0869 e. The summed E-state index contributed by atoms with van der Waals surface area (Å²) in [6.07, 6.45) is 19.7. The number of benzene rings is 4. The molecule has 0 spiro atoms. The Morgan fingerprint density at radius 1 is 0.574 bits per heavy atom. The van der Waals surface area contributed by atoms with Crippen molar-refractivity contribution in [1.82, 2.24) is 0 Å². The van der Waals surface area contributed by atoms with E-state index in [1.54, 1.807) is 16.7 Å². The Morgan fingerprint density at radius 2 is 1.09 bits per heavy atom. The van der Waals surface area contributed by atoms with Crippen LogP contribution in [0.4, 0.5) is 5.69 Å². The maximum absolute atomic E-state index is 4.88. The molecule has 0 bridgehead atoms. The molecule has 4 aromatic rings. The third-order valence-electron chi connectivity index (χ3n) is 9.39. The van der Waals surface area contributed by atoms with Gasteiger partial charge in [-0.15, -0.1) is 0 Å². The van der Waals surface area contributed by atoms with Gasteiger partial charge >= 0.3 is 0 Å². The molecule has 2 heteroatoms. The highest BCUT2D eigenvalue weighted by molar-refractivity contribution is 5.81. The molecule has 0 saturated carbocycles. The number of aryl methyl sites for hydroxylation is 2. The van der Waals surface area contributed by atoms with E-state index in [-0.39, 0.29) is 0 Å². The molecule has 4 rings (SSSR count). The molecule has 0 aliphatic carbocycles. The Morgan fingerprint density at radius 3 is 1.60 bits per heavy atom. The predicted octanol–water partition coefficient (Wildman–Crippen LogP) is 14.5. The van der Waals surface area contributed by atoms with Crippen LogP contribution < -0.4 is 0 Å². The maximum Gasteiger partial charge on any atom is 0.0869 e. The minimum Gasteiger partial charge on any atom is -0.155 e. The van der Waals surface area contributed by atoms with Crippen molar-refractivity contribution in [3.8, 4) is 22.3 Å². The predicted molar refractivity (Wildman–Crippen MR) is 206 cm³/mol. The molecule has 0 saturated heterocycles. The Kier molecular flexibility index (Phi) is 15.2. The first-order valence-electron chi connectivity index (χ1n) is 18.6. The fourth-order valence-electron chi connectivity index (χ4n) is 6.60. The van der Waals surface area contributed by atoms with Gasteiger partial charge in [-0.1, -0.05) is 145 Å². The van der Waals surface area contributed by atoms with Gasteiger partial charge in [0.25, 0.3) is 0 Å². The summed E-state index contributed by atoms with van der Waals surface area (Å²) in [5, 5.41) is 9.76.